The Bertz CT molecular complexity index is 2070. The smallest absolute Gasteiger partial charge is 0.416 e. The maximum absolute atomic E-state index is 13.3. The Hall–Kier alpha value is -4.47. The molecule has 1 N–H and O–H groups in total. The van der Waals surface area contributed by atoms with E-state index in [1.807, 2.05) is 20.8 Å². The second kappa shape index (κ2) is 11.2. The molecule has 2 aromatic carbocycles. The van der Waals surface area contributed by atoms with Crippen molar-refractivity contribution in [2.24, 2.45) is 0 Å². The highest BCUT2D eigenvalue weighted by atomic mass is 35.5. The highest BCUT2D eigenvalue weighted by Gasteiger charge is 2.32. The Labute approximate surface area is 257 Å². The number of hydrogen-bond acceptors (Lipinski definition) is 7. The Morgan fingerprint density at radius 2 is 1.89 bits per heavy atom. The van der Waals surface area contributed by atoms with Gasteiger partial charge in [-0.25, -0.2) is 9.78 Å². The normalized spacial score (nSPS) is 12.1. The van der Waals surface area contributed by atoms with Gasteiger partial charge < -0.3 is 9.84 Å². The number of nitrogens with zero attached hydrogens (tertiary/aromatic N) is 4. The Morgan fingerprint density at radius 1 is 1.16 bits per heavy atom. The number of thiophene rings is 1. The third-order valence-electron chi connectivity index (χ3n) is 6.97. The number of rotatable bonds is 6. The number of fused-ring (bicyclic) bond motifs is 2. The topological polar surface area (TPSA) is 118 Å². The number of carboxylic acids is 1. The molecule has 5 aromatic rings. The lowest BCUT2D eigenvalue weighted by Gasteiger charge is -2.17. The molecule has 8 nitrogen and oxygen atoms in total. The Morgan fingerprint density at radius 3 is 2.52 bits per heavy atom. The summed E-state index contributed by atoms with van der Waals surface area (Å²) in [5.74, 6) is -0.528. The fourth-order valence-electron chi connectivity index (χ4n) is 4.99. The van der Waals surface area contributed by atoms with Crippen molar-refractivity contribution in [1.29, 1.82) is 5.26 Å². The molecule has 44 heavy (non-hydrogen) atoms. The molecule has 0 unspecified atom stereocenters. The van der Waals surface area contributed by atoms with Crippen LogP contribution in [0.15, 0.2) is 47.4 Å². The minimum atomic E-state index is -4.71. The number of aromatic carboxylic acids is 1. The maximum atomic E-state index is 13.3. The van der Waals surface area contributed by atoms with E-state index in [1.54, 1.807) is 30.3 Å². The summed E-state index contributed by atoms with van der Waals surface area (Å²) in [5.41, 5.74) is -1.09. The minimum absolute atomic E-state index is 0.0242. The summed E-state index contributed by atoms with van der Waals surface area (Å²) in [6.45, 7) is 7.20. The summed E-state index contributed by atoms with van der Waals surface area (Å²) >= 11 is 7.69. The molecule has 3 heterocycles. The van der Waals surface area contributed by atoms with Gasteiger partial charge in [-0.1, -0.05) is 32.4 Å². The molecule has 0 aliphatic heterocycles. The number of hydrogen-bond donors (Lipinski definition) is 1. The molecule has 0 atom stereocenters. The van der Waals surface area contributed by atoms with Crippen molar-refractivity contribution in [3.63, 3.8) is 0 Å². The first-order chi connectivity index (χ1) is 20.6. The zero-order chi connectivity index (χ0) is 32.1. The molecular formula is C31H24ClF3N4O4S. The quantitative estimate of drug-likeness (QED) is 0.203. The van der Waals surface area contributed by atoms with Crippen LogP contribution in [0.25, 0.3) is 32.2 Å². The first-order valence-corrected chi connectivity index (χ1v) is 14.4. The van der Waals surface area contributed by atoms with E-state index in [4.69, 9.17) is 16.3 Å². The fourth-order valence-corrected chi connectivity index (χ4v) is 6.49. The Kier molecular flexibility index (Phi) is 7.90. The molecule has 0 saturated carbocycles. The first-order valence-electron chi connectivity index (χ1n) is 13.2. The fraction of sp³-hybridized carbons (Fsp3) is 0.258. The van der Waals surface area contributed by atoms with Gasteiger partial charge in [-0.3, -0.25) is 14.3 Å². The third-order valence-corrected chi connectivity index (χ3v) is 8.84. The molecule has 5 rings (SSSR count). The van der Waals surface area contributed by atoms with Crippen LogP contribution < -0.4 is 10.3 Å². The van der Waals surface area contributed by atoms with Gasteiger partial charge >= 0.3 is 12.1 Å². The van der Waals surface area contributed by atoms with Gasteiger partial charge in [-0.15, -0.1) is 11.3 Å². The van der Waals surface area contributed by atoms with Crippen LogP contribution in [-0.4, -0.2) is 32.2 Å². The van der Waals surface area contributed by atoms with Gasteiger partial charge in [0.05, 0.1) is 38.8 Å². The van der Waals surface area contributed by atoms with E-state index in [-0.39, 0.29) is 35.4 Å². The van der Waals surface area contributed by atoms with Crippen LogP contribution in [-0.2, 0) is 18.1 Å². The third kappa shape index (κ3) is 5.60. The first kappa shape index (κ1) is 31.0. The van der Waals surface area contributed by atoms with Crippen LogP contribution in [0.2, 0.25) is 5.02 Å². The van der Waals surface area contributed by atoms with Crippen LogP contribution in [0.1, 0.15) is 53.0 Å². The van der Waals surface area contributed by atoms with Crippen LogP contribution >= 0.6 is 22.9 Å². The average Bonchev–Trinajstić information content (AvgIpc) is 3.35. The molecule has 0 amide bonds. The van der Waals surface area contributed by atoms with Gasteiger partial charge in [0.15, 0.2) is 0 Å². The lowest BCUT2D eigenvalue weighted by molar-refractivity contribution is -0.137. The summed E-state index contributed by atoms with van der Waals surface area (Å²) in [5, 5.41) is 19.7. The van der Waals surface area contributed by atoms with Crippen LogP contribution in [0.3, 0.4) is 0 Å². The van der Waals surface area contributed by atoms with Gasteiger partial charge in [0, 0.05) is 27.2 Å². The van der Waals surface area contributed by atoms with Crippen molar-refractivity contribution in [2.75, 3.05) is 6.61 Å². The number of carbonyl (C=O) groups is 1. The predicted molar refractivity (Wildman–Crippen MR) is 162 cm³/mol. The number of aryl methyl sites for hydroxylation is 1. The number of pyridine rings is 1. The number of ether oxygens (including phenoxy) is 1. The second-order valence-electron chi connectivity index (χ2n) is 11.0. The van der Waals surface area contributed by atoms with Crippen molar-refractivity contribution in [2.45, 2.75) is 45.8 Å². The highest BCUT2D eigenvalue weighted by molar-refractivity contribution is 7.20. The molecule has 3 aromatic heterocycles. The lowest BCUT2D eigenvalue weighted by Crippen LogP contribution is -2.27. The van der Waals surface area contributed by atoms with E-state index in [1.165, 1.54) is 29.0 Å². The highest BCUT2D eigenvalue weighted by Crippen LogP contribution is 2.44. The van der Waals surface area contributed by atoms with Crippen LogP contribution in [0.4, 0.5) is 13.2 Å². The second-order valence-corrected chi connectivity index (χ2v) is 12.5. The summed E-state index contributed by atoms with van der Waals surface area (Å²) in [6, 6.07) is 9.80. The number of benzene rings is 2. The SMILES string of the molecule is Cc1nc2cc(C(F)(F)F)cc(C#N)c2c(=O)n1CCOc1ccc(Cl)cc1-c1ccnc2c(C(=O)O)c(C(C)(C)C)sc12. The van der Waals surface area contributed by atoms with Crippen molar-refractivity contribution in [1.82, 2.24) is 14.5 Å². The summed E-state index contributed by atoms with van der Waals surface area (Å²) < 4.78 is 48.0. The molecule has 0 bridgehead atoms. The van der Waals surface area contributed by atoms with E-state index in [2.05, 4.69) is 9.97 Å². The largest absolute Gasteiger partial charge is 0.491 e. The van der Waals surface area contributed by atoms with Crippen LogP contribution in [0.5, 0.6) is 5.75 Å². The van der Waals surface area contributed by atoms with E-state index in [0.717, 1.165) is 6.07 Å². The van der Waals surface area contributed by atoms with E-state index in [0.29, 0.717) is 43.1 Å². The van der Waals surface area contributed by atoms with Gasteiger partial charge in [0.2, 0.25) is 0 Å². The van der Waals surface area contributed by atoms with E-state index in [9.17, 15) is 33.1 Å². The molecular weight excluding hydrogens is 617 g/mol. The molecule has 0 spiro atoms. The summed E-state index contributed by atoms with van der Waals surface area (Å²) in [7, 11) is 0. The number of alkyl halides is 3. The minimum Gasteiger partial charge on any atom is -0.491 e. The molecule has 0 radical (unpaired) electrons. The lowest BCUT2D eigenvalue weighted by atomic mass is 9.91. The number of carboxylic acid groups (broad SMARTS) is 1. The zero-order valence-corrected chi connectivity index (χ0v) is 25.4. The molecule has 0 fully saturated rings. The maximum Gasteiger partial charge on any atom is 0.416 e. The van der Waals surface area contributed by atoms with Gasteiger partial charge in [0.1, 0.15) is 29.8 Å². The Balaban J connectivity index is 1.53. The van der Waals surface area contributed by atoms with Gasteiger partial charge in [-0.2, -0.15) is 18.4 Å². The molecule has 0 saturated heterocycles. The van der Waals surface area contributed by atoms with Crippen molar-refractivity contribution < 1.29 is 27.8 Å². The predicted octanol–water partition coefficient (Wildman–Crippen LogP) is 7.60. The monoisotopic (exact) mass is 640 g/mol. The van der Waals surface area contributed by atoms with Gasteiger partial charge in [-0.05, 0) is 48.7 Å². The van der Waals surface area contributed by atoms with E-state index >= 15 is 0 Å². The van der Waals surface area contributed by atoms with E-state index < -0.39 is 34.2 Å². The number of nitriles is 1. The number of aromatic nitrogens is 3. The molecule has 13 heteroatoms. The summed E-state index contributed by atoms with van der Waals surface area (Å²) in [6.07, 6.45) is -3.18. The molecule has 226 valence electrons. The van der Waals surface area contributed by atoms with Crippen molar-refractivity contribution >= 4 is 50.0 Å². The van der Waals surface area contributed by atoms with Crippen molar-refractivity contribution in [3.05, 3.63) is 85.4 Å². The molecule has 0 aliphatic carbocycles. The average molecular weight is 641 g/mol. The number of halogens is 4. The summed E-state index contributed by atoms with van der Waals surface area (Å²) in [4.78, 5) is 34.8. The van der Waals surface area contributed by atoms with Crippen LogP contribution in [0, 0.1) is 18.3 Å². The zero-order valence-electron chi connectivity index (χ0n) is 23.8. The van der Waals surface area contributed by atoms with Crippen molar-refractivity contribution in [3.8, 4) is 22.9 Å². The standard InChI is InChI=1S/C31H24ClF3N4O4S/c1-15-38-21-12-17(31(33,34)35)11-16(14-36)23(21)28(40)39(15)9-10-43-22-6-5-18(32)13-20(22)19-7-8-37-25-24(29(41)42)27(30(2,3)4)44-26(19)25/h5-8,11-13H,9-10H2,1-4H3,(H,41,42). The molecule has 0 aliphatic rings. The van der Waals surface area contributed by atoms with Gasteiger partial charge in [0.25, 0.3) is 5.56 Å².